The van der Waals surface area contributed by atoms with Crippen molar-refractivity contribution in [1.82, 2.24) is 0 Å². The van der Waals surface area contributed by atoms with Crippen molar-refractivity contribution in [3.63, 3.8) is 0 Å². The Kier molecular flexibility index (Phi) is 7.15. The summed E-state index contributed by atoms with van der Waals surface area (Å²) < 4.78 is 5.96. The van der Waals surface area contributed by atoms with E-state index in [0.29, 0.717) is 6.61 Å². The van der Waals surface area contributed by atoms with E-state index >= 15 is 0 Å². The van der Waals surface area contributed by atoms with Crippen molar-refractivity contribution in [3.05, 3.63) is 136 Å². The Hall–Kier alpha value is -3.36. The maximum absolute atomic E-state index is 6.04. The Morgan fingerprint density at radius 2 is 1.45 bits per heavy atom. The second-order valence-electron chi connectivity index (χ2n) is 7.38. The van der Waals surface area contributed by atoms with Crippen molar-refractivity contribution < 1.29 is 4.74 Å². The lowest BCUT2D eigenvalue weighted by Gasteiger charge is -2.13. The van der Waals surface area contributed by atoms with Gasteiger partial charge in [-0.1, -0.05) is 96.5 Å². The Labute approximate surface area is 188 Å². The molecule has 4 aromatic carbocycles. The van der Waals surface area contributed by atoms with Crippen LogP contribution in [0.2, 0.25) is 5.02 Å². The lowest BCUT2D eigenvalue weighted by Crippen LogP contribution is -2.01. The topological polar surface area (TPSA) is 21.6 Å². The van der Waals surface area contributed by atoms with Gasteiger partial charge in [0.15, 0.2) is 0 Å². The highest BCUT2D eigenvalue weighted by atomic mass is 35.5. The molecule has 0 fully saturated rings. The first-order valence-electron chi connectivity index (χ1n) is 10.4. The minimum Gasteiger partial charge on any atom is -0.489 e. The Bertz CT molecular complexity index is 1110. The molecule has 31 heavy (non-hydrogen) atoms. The van der Waals surface area contributed by atoms with Crippen molar-refractivity contribution in [2.75, 3.05) is 0 Å². The van der Waals surface area contributed by atoms with Gasteiger partial charge in [-0.3, -0.25) is 4.99 Å². The van der Waals surface area contributed by atoms with Crippen LogP contribution in [0, 0.1) is 0 Å². The van der Waals surface area contributed by atoms with Gasteiger partial charge in [-0.25, -0.2) is 0 Å². The summed E-state index contributed by atoms with van der Waals surface area (Å²) in [4.78, 5) is 4.93. The fraction of sp³-hybridized carbons (Fsp3) is 0.107. The third kappa shape index (κ3) is 6.31. The normalized spacial score (nSPS) is 12.0. The number of nitrogens with zero attached hydrogens (tertiary/aromatic N) is 1. The molecule has 0 bridgehead atoms. The molecular formula is C28H24ClNO. The smallest absolute Gasteiger partial charge is 0.120 e. The summed E-state index contributed by atoms with van der Waals surface area (Å²) in [6.45, 7) is 0.546. The maximum atomic E-state index is 6.04. The van der Waals surface area contributed by atoms with Crippen molar-refractivity contribution in [3.8, 4) is 5.75 Å². The first-order chi connectivity index (χ1) is 15.3. The monoisotopic (exact) mass is 425 g/mol. The van der Waals surface area contributed by atoms with Crippen molar-refractivity contribution >= 4 is 17.8 Å². The van der Waals surface area contributed by atoms with E-state index in [0.717, 1.165) is 28.3 Å². The molecule has 0 heterocycles. The molecule has 0 spiro atoms. The van der Waals surface area contributed by atoms with E-state index in [1.54, 1.807) is 0 Å². The van der Waals surface area contributed by atoms with Gasteiger partial charge in [-0.15, -0.1) is 0 Å². The lowest BCUT2D eigenvalue weighted by molar-refractivity contribution is 0.306. The molecule has 1 unspecified atom stereocenters. The molecule has 3 heteroatoms. The molecule has 0 aliphatic rings. The van der Waals surface area contributed by atoms with Crippen molar-refractivity contribution in [2.45, 2.75) is 19.1 Å². The van der Waals surface area contributed by atoms with Crippen LogP contribution in [0.3, 0.4) is 0 Å². The van der Waals surface area contributed by atoms with Gasteiger partial charge in [-0.05, 0) is 52.9 Å². The molecule has 0 aliphatic heterocycles. The van der Waals surface area contributed by atoms with Crippen LogP contribution in [-0.2, 0) is 13.0 Å². The summed E-state index contributed by atoms with van der Waals surface area (Å²) in [5, 5.41) is 0.746. The van der Waals surface area contributed by atoms with Gasteiger partial charge in [0.1, 0.15) is 12.4 Å². The van der Waals surface area contributed by atoms with Crippen LogP contribution in [0.4, 0.5) is 0 Å². The second kappa shape index (κ2) is 10.6. The summed E-state index contributed by atoms with van der Waals surface area (Å²) >= 11 is 6.04. The van der Waals surface area contributed by atoms with Crippen LogP contribution in [0.1, 0.15) is 28.3 Å². The van der Waals surface area contributed by atoms with E-state index in [9.17, 15) is 0 Å². The number of hydrogen-bond donors (Lipinski definition) is 0. The van der Waals surface area contributed by atoms with Gasteiger partial charge >= 0.3 is 0 Å². The van der Waals surface area contributed by atoms with Crippen LogP contribution in [0.25, 0.3) is 0 Å². The Balaban J connectivity index is 1.49. The van der Waals surface area contributed by atoms with Gasteiger partial charge in [0.05, 0.1) is 6.04 Å². The lowest BCUT2D eigenvalue weighted by atomic mass is 9.99. The Morgan fingerprint density at radius 3 is 2.19 bits per heavy atom. The zero-order chi connectivity index (χ0) is 21.3. The number of aliphatic imine (C=N–C) groups is 1. The zero-order valence-corrected chi connectivity index (χ0v) is 18.0. The SMILES string of the molecule is Clc1ccc(CC(N=Cc2cccc(OCc3ccccc3)c2)c2ccccc2)cc1. The highest BCUT2D eigenvalue weighted by Crippen LogP contribution is 2.24. The number of halogens is 1. The van der Waals surface area contributed by atoms with Crippen LogP contribution < -0.4 is 4.74 Å². The molecular weight excluding hydrogens is 402 g/mol. The summed E-state index contributed by atoms with van der Waals surface area (Å²) in [5.74, 6) is 0.835. The standard InChI is InChI=1S/C28H24ClNO/c29-26-16-14-22(15-17-26)19-28(25-11-5-2-6-12-25)30-20-24-10-7-13-27(18-24)31-21-23-8-3-1-4-9-23/h1-18,20,28H,19,21H2. The summed E-state index contributed by atoms with van der Waals surface area (Å²) in [7, 11) is 0. The van der Waals surface area contributed by atoms with Crippen LogP contribution in [0.5, 0.6) is 5.75 Å². The molecule has 4 aromatic rings. The molecule has 154 valence electrons. The number of rotatable bonds is 8. The number of benzene rings is 4. The van der Waals surface area contributed by atoms with E-state index in [-0.39, 0.29) is 6.04 Å². The molecule has 0 saturated heterocycles. The Morgan fingerprint density at radius 1 is 0.742 bits per heavy atom. The molecule has 4 rings (SSSR count). The maximum Gasteiger partial charge on any atom is 0.120 e. The fourth-order valence-corrected chi connectivity index (χ4v) is 3.50. The van der Waals surface area contributed by atoms with Crippen LogP contribution in [-0.4, -0.2) is 6.21 Å². The quantitative estimate of drug-likeness (QED) is 0.271. The van der Waals surface area contributed by atoms with Gasteiger partial charge in [0.2, 0.25) is 0 Å². The number of ether oxygens (including phenoxy) is 1. The summed E-state index contributed by atoms with van der Waals surface area (Å²) in [6.07, 6.45) is 2.74. The molecule has 2 nitrogen and oxygen atoms in total. The molecule has 0 aromatic heterocycles. The van der Waals surface area contributed by atoms with Crippen LogP contribution >= 0.6 is 11.6 Å². The first kappa shape index (κ1) is 20.9. The van der Waals surface area contributed by atoms with Crippen molar-refractivity contribution in [1.29, 1.82) is 0 Å². The predicted octanol–water partition coefficient (Wildman–Crippen LogP) is 7.32. The van der Waals surface area contributed by atoms with E-state index in [1.807, 2.05) is 66.9 Å². The third-order valence-electron chi connectivity index (χ3n) is 5.04. The first-order valence-corrected chi connectivity index (χ1v) is 10.7. The number of hydrogen-bond acceptors (Lipinski definition) is 2. The van der Waals surface area contributed by atoms with Gasteiger partial charge in [0.25, 0.3) is 0 Å². The van der Waals surface area contributed by atoms with E-state index in [2.05, 4.69) is 48.5 Å². The van der Waals surface area contributed by atoms with E-state index < -0.39 is 0 Å². The second-order valence-corrected chi connectivity index (χ2v) is 7.82. The molecule has 0 N–H and O–H groups in total. The molecule has 0 aliphatic carbocycles. The largest absolute Gasteiger partial charge is 0.489 e. The molecule has 0 saturated carbocycles. The third-order valence-corrected chi connectivity index (χ3v) is 5.29. The van der Waals surface area contributed by atoms with Gasteiger partial charge in [-0.2, -0.15) is 0 Å². The molecule has 0 amide bonds. The summed E-state index contributed by atoms with van der Waals surface area (Å²) in [6, 6.07) is 36.6. The highest BCUT2D eigenvalue weighted by Gasteiger charge is 2.10. The molecule has 0 radical (unpaired) electrons. The van der Waals surface area contributed by atoms with E-state index in [4.69, 9.17) is 21.3 Å². The fourth-order valence-electron chi connectivity index (χ4n) is 3.38. The highest BCUT2D eigenvalue weighted by molar-refractivity contribution is 6.30. The van der Waals surface area contributed by atoms with Crippen LogP contribution in [0.15, 0.2) is 114 Å². The molecule has 1 atom stereocenters. The van der Waals surface area contributed by atoms with Gasteiger partial charge in [0, 0.05) is 11.2 Å². The summed E-state index contributed by atoms with van der Waals surface area (Å²) in [5.41, 5.74) is 4.55. The minimum absolute atomic E-state index is 0.0243. The van der Waals surface area contributed by atoms with E-state index in [1.165, 1.54) is 11.1 Å². The predicted molar refractivity (Wildman–Crippen MR) is 129 cm³/mol. The average Bonchev–Trinajstić information content (AvgIpc) is 2.83. The zero-order valence-electron chi connectivity index (χ0n) is 17.2. The average molecular weight is 426 g/mol. The van der Waals surface area contributed by atoms with Crippen molar-refractivity contribution in [2.24, 2.45) is 4.99 Å². The van der Waals surface area contributed by atoms with Gasteiger partial charge < -0.3 is 4.74 Å². The minimum atomic E-state index is 0.0243.